The molecular weight excluding hydrogens is 480 g/mol. The lowest BCUT2D eigenvalue weighted by Gasteiger charge is -2.22. The Balaban J connectivity index is 1.79. The molecule has 3 rings (SSSR count). The molecule has 0 saturated carbocycles. The fourth-order valence-corrected chi connectivity index (χ4v) is 4.10. The van der Waals surface area contributed by atoms with E-state index in [9.17, 15) is 4.79 Å². The summed E-state index contributed by atoms with van der Waals surface area (Å²) in [5.41, 5.74) is 5.68. The fraction of sp³-hybridized carbons (Fsp3) is 0.318. The molecule has 2 N–H and O–H groups in total. The van der Waals surface area contributed by atoms with Crippen molar-refractivity contribution in [2.45, 2.75) is 39.9 Å². The number of nitrogens with zero attached hydrogens (tertiary/aromatic N) is 2. The van der Waals surface area contributed by atoms with Crippen LogP contribution >= 0.6 is 27.3 Å². The summed E-state index contributed by atoms with van der Waals surface area (Å²) in [5.74, 6) is 0.183. The summed E-state index contributed by atoms with van der Waals surface area (Å²) in [6.45, 7) is 7.48. The van der Waals surface area contributed by atoms with Crippen LogP contribution in [0, 0.1) is 6.92 Å². The third-order valence-electron chi connectivity index (χ3n) is 4.65. The molecule has 164 valence electrons. The van der Waals surface area contributed by atoms with Gasteiger partial charge in [-0.25, -0.2) is 20.3 Å². The molecule has 0 radical (unpaired) electrons. The first-order valence-electron chi connectivity index (χ1n) is 9.76. The van der Waals surface area contributed by atoms with Crippen LogP contribution < -0.4 is 10.8 Å². The maximum atomic E-state index is 12.3. The lowest BCUT2D eigenvalue weighted by molar-refractivity contribution is -0.222. The van der Waals surface area contributed by atoms with Gasteiger partial charge in [-0.2, -0.15) is 0 Å². The van der Waals surface area contributed by atoms with E-state index < -0.39 is 5.79 Å². The molecule has 0 saturated heterocycles. The molecule has 0 aliphatic heterocycles. The Hall–Kier alpha value is -2.33. The summed E-state index contributed by atoms with van der Waals surface area (Å²) >= 11 is 5.08. The molecule has 7 nitrogen and oxygen atoms in total. The number of nitrogens with one attached hydrogen (secondary N) is 2. The number of hydroxylamine groups is 1. The van der Waals surface area contributed by atoms with Gasteiger partial charge in [-0.05, 0) is 79.5 Å². The normalized spacial score (nSPS) is 11.4. The first kappa shape index (κ1) is 23.3. The van der Waals surface area contributed by atoms with Gasteiger partial charge in [-0.3, -0.25) is 4.79 Å². The van der Waals surface area contributed by atoms with Crippen molar-refractivity contribution in [3.8, 4) is 10.7 Å². The van der Waals surface area contributed by atoms with Gasteiger partial charge in [0.15, 0.2) is 11.6 Å². The number of anilines is 2. The highest BCUT2D eigenvalue weighted by Gasteiger charge is 2.19. The first-order valence-corrected chi connectivity index (χ1v) is 11.4. The standard InChI is InChI=1S/C22H25BrN4O3S/c1-6-16-13(2)24-20(17-11-12-18(23)31-17)26-19(16)25-15-9-7-14(8-10-15)21(28)27-30-22(3,4)29-5/h7-12H,6H2,1-5H3,(H,27,28)(H,24,25,26). The fourth-order valence-electron chi connectivity index (χ4n) is 2.78. The Morgan fingerprint density at radius 3 is 2.45 bits per heavy atom. The number of benzene rings is 1. The van der Waals surface area contributed by atoms with Crippen molar-refractivity contribution in [3.63, 3.8) is 0 Å². The lowest BCUT2D eigenvalue weighted by atomic mass is 10.1. The molecule has 0 atom stereocenters. The molecule has 2 aromatic heterocycles. The maximum absolute atomic E-state index is 12.3. The van der Waals surface area contributed by atoms with E-state index in [-0.39, 0.29) is 5.91 Å². The number of rotatable bonds is 8. The van der Waals surface area contributed by atoms with Gasteiger partial charge < -0.3 is 10.1 Å². The van der Waals surface area contributed by atoms with E-state index in [1.54, 1.807) is 37.3 Å². The number of aryl methyl sites for hydroxylation is 1. The van der Waals surface area contributed by atoms with Crippen LogP contribution in [0.3, 0.4) is 0 Å². The number of thiophene rings is 1. The van der Waals surface area contributed by atoms with Gasteiger partial charge in [-0.15, -0.1) is 11.3 Å². The van der Waals surface area contributed by atoms with Crippen molar-refractivity contribution in [2.24, 2.45) is 0 Å². The van der Waals surface area contributed by atoms with Crippen molar-refractivity contribution in [3.05, 3.63) is 57.0 Å². The second-order valence-electron chi connectivity index (χ2n) is 7.26. The Bertz CT molecular complexity index is 1070. The number of amides is 1. The smallest absolute Gasteiger partial charge is 0.274 e. The van der Waals surface area contributed by atoms with Crippen LogP contribution in [0.4, 0.5) is 11.5 Å². The second-order valence-corrected chi connectivity index (χ2v) is 9.72. The summed E-state index contributed by atoms with van der Waals surface area (Å²) in [4.78, 5) is 28.0. The van der Waals surface area contributed by atoms with Crippen LogP contribution in [0.2, 0.25) is 0 Å². The number of hydrogen-bond donors (Lipinski definition) is 2. The summed E-state index contributed by atoms with van der Waals surface area (Å²) < 4.78 is 6.15. The summed E-state index contributed by atoms with van der Waals surface area (Å²) in [7, 11) is 1.51. The lowest BCUT2D eigenvalue weighted by Crippen LogP contribution is -2.37. The van der Waals surface area contributed by atoms with E-state index in [1.807, 2.05) is 31.2 Å². The monoisotopic (exact) mass is 504 g/mol. The highest BCUT2D eigenvalue weighted by Crippen LogP contribution is 2.32. The molecular formula is C22H25BrN4O3S. The van der Waals surface area contributed by atoms with Crippen molar-refractivity contribution < 1.29 is 14.4 Å². The van der Waals surface area contributed by atoms with Gasteiger partial charge in [0.25, 0.3) is 5.91 Å². The number of halogens is 1. The van der Waals surface area contributed by atoms with E-state index in [0.29, 0.717) is 11.4 Å². The molecule has 0 spiro atoms. The Morgan fingerprint density at radius 2 is 1.87 bits per heavy atom. The van der Waals surface area contributed by atoms with Gasteiger partial charge >= 0.3 is 0 Å². The predicted molar refractivity (Wildman–Crippen MR) is 127 cm³/mol. The van der Waals surface area contributed by atoms with Gasteiger partial charge in [0.1, 0.15) is 5.82 Å². The highest BCUT2D eigenvalue weighted by atomic mass is 79.9. The van der Waals surface area contributed by atoms with Crippen LogP contribution in [-0.4, -0.2) is 28.8 Å². The molecule has 1 amide bonds. The van der Waals surface area contributed by atoms with Crippen LogP contribution in [0.25, 0.3) is 10.7 Å². The van der Waals surface area contributed by atoms with Crippen molar-refractivity contribution >= 4 is 44.7 Å². The number of carbonyl (C=O) groups excluding carboxylic acids is 1. The molecule has 9 heteroatoms. The zero-order valence-electron chi connectivity index (χ0n) is 18.1. The Morgan fingerprint density at radius 1 is 1.16 bits per heavy atom. The average molecular weight is 505 g/mol. The van der Waals surface area contributed by atoms with E-state index in [0.717, 1.165) is 37.8 Å². The maximum Gasteiger partial charge on any atom is 0.274 e. The van der Waals surface area contributed by atoms with E-state index >= 15 is 0 Å². The molecule has 1 aromatic carbocycles. The van der Waals surface area contributed by atoms with Crippen LogP contribution in [-0.2, 0) is 16.0 Å². The van der Waals surface area contributed by atoms with Crippen LogP contribution in [0.15, 0.2) is 40.2 Å². The number of hydrogen-bond acceptors (Lipinski definition) is 7. The van der Waals surface area contributed by atoms with Gasteiger partial charge in [0.2, 0.25) is 0 Å². The molecule has 3 aromatic rings. The van der Waals surface area contributed by atoms with E-state index in [1.165, 1.54) is 7.11 Å². The van der Waals surface area contributed by atoms with Gasteiger partial charge in [-0.1, -0.05) is 6.92 Å². The molecule has 0 aliphatic rings. The Kier molecular flexibility index (Phi) is 7.42. The summed E-state index contributed by atoms with van der Waals surface area (Å²) in [6, 6.07) is 11.1. The number of methoxy groups -OCH3 is 1. The minimum Gasteiger partial charge on any atom is -0.352 e. The third kappa shape index (κ3) is 5.88. The molecule has 2 heterocycles. The number of carbonyl (C=O) groups is 1. The predicted octanol–water partition coefficient (Wildman–Crippen LogP) is 5.63. The van der Waals surface area contributed by atoms with Gasteiger partial charge in [0, 0.05) is 29.6 Å². The largest absolute Gasteiger partial charge is 0.352 e. The SMILES string of the molecule is CCc1c(C)nc(-c2ccc(Br)s2)nc1Nc1ccc(C(=O)NOC(C)(C)OC)cc1. The topological polar surface area (TPSA) is 85.4 Å². The highest BCUT2D eigenvalue weighted by molar-refractivity contribution is 9.11. The summed E-state index contributed by atoms with van der Waals surface area (Å²) in [6.07, 6.45) is 0.801. The molecule has 31 heavy (non-hydrogen) atoms. The molecule has 0 fully saturated rings. The van der Waals surface area contributed by atoms with Gasteiger partial charge in [0.05, 0.1) is 8.66 Å². The van der Waals surface area contributed by atoms with Crippen molar-refractivity contribution in [2.75, 3.05) is 12.4 Å². The van der Waals surface area contributed by atoms with Crippen LogP contribution in [0.1, 0.15) is 42.4 Å². The van der Waals surface area contributed by atoms with Crippen molar-refractivity contribution in [1.29, 1.82) is 0 Å². The third-order valence-corrected chi connectivity index (χ3v) is 6.27. The van der Waals surface area contributed by atoms with E-state index in [2.05, 4.69) is 38.6 Å². The average Bonchev–Trinajstić information content (AvgIpc) is 3.19. The minimum atomic E-state index is -0.908. The van der Waals surface area contributed by atoms with Crippen LogP contribution in [0.5, 0.6) is 0 Å². The Labute approximate surface area is 194 Å². The summed E-state index contributed by atoms with van der Waals surface area (Å²) in [5, 5.41) is 3.37. The zero-order valence-corrected chi connectivity index (χ0v) is 20.5. The second kappa shape index (κ2) is 9.86. The number of aromatic nitrogens is 2. The first-order chi connectivity index (χ1) is 14.7. The minimum absolute atomic E-state index is 0.352. The quantitative estimate of drug-likeness (QED) is 0.305. The molecule has 0 bridgehead atoms. The van der Waals surface area contributed by atoms with E-state index in [4.69, 9.17) is 14.6 Å². The van der Waals surface area contributed by atoms with Crippen molar-refractivity contribution in [1.82, 2.24) is 15.4 Å². The zero-order chi connectivity index (χ0) is 22.6. The molecule has 0 aliphatic carbocycles. The number of ether oxygens (including phenoxy) is 1. The molecule has 0 unspecified atom stereocenters.